The molecule has 0 aromatic carbocycles. The summed E-state index contributed by atoms with van der Waals surface area (Å²) < 4.78 is 27.1. The fraction of sp³-hybridized carbons (Fsp3) is 0.643. The van der Waals surface area contributed by atoms with Crippen molar-refractivity contribution in [2.24, 2.45) is 0 Å². The molecule has 2 fully saturated rings. The molecule has 0 spiro atoms. The number of sulfonamides is 1. The minimum atomic E-state index is -3.51. The topological polar surface area (TPSA) is 65.5 Å². The average molecular weight is 310 g/mol. The van der Waals surface area contributed by atoms with Crippen molar-refractivity contribution >= 4 is 15.7 Å². The summed E-state index contributed by atoms with van der Waals surface area (Å²) in [5.74, 6) is 0. The van der Waals surface area contributed by atoms with Crippen molar-refractivity contribution in [1.29, 1.82) is 0 Å². The zero-order valence-electron chi connectivity index (χ0n) is 12.3. The van der Waals surface area contributed by atoms with Crippen molar-refractivity contribution in [1.82, 2.24) is 14.2 Å². The SMILES string of the molecule is CCNc1cccnc1S(=O)(=O)N1CCN(C2CC2)CC1. The van der Waals surface area contributed by atoms with Gasteiger partial charge in [-0.15, -0.1) is 0 Å². The number of piperazine rings is 1. The first kappa shape index (κ1) is 14.7. The minimum absolute atomic E-state index is 0.145. The summed E-state index contributed by atoms with van der Waals surface area (Å²) in [6.07, 6.45) is 4.06. The lowest BCUT2D eigenvalue weighted by Gasteiger charge is -2.34. The Balaban J connectivity index is 1.77. The molecule has 0 atom stereocenters. The lowest BCUT2D eigenvalue weighted by atomic mass is 10.3. The van der Waals surface area contributed by atoms with Crippen LogP contribution in [0.4, 0.5) is 5.69 Å². The lowest BCUT2D eigenvalue weighted by molar-refractivity contribution is 0.180. The molecule has 6 nitrogen and oxygen atoms in total. The molecule has 116 valence electrons. The fourth-order valence-electron chi connectivity index (χ4n) is 2.79. The minimum Gasteiger partial charge on any atom is -0.383 e. The van der Waals surface area contributed by atoms with E-state index in [1.165, 1.54) is 19.0 Å². The van der Waals surface area contributed by atoms with E-state index < -0.39 is 10.0 Å². The smallest absolute Gasteiger partial charge is 0.262 e. The van der Waals surface area contributed by atoms with Crippen LogP contribution in [0.3, 0.4) is 0 Å². The number of aromatic nitrogens is 1. The molecule has 0 radical (unpaired) electrons. The molecule has 0 amide bonds. The van der Waals surface area contributed by atoms with E-state index in [4.69, 9.17) is 0 Å². The van der Waals surface area contributed by atoms with Crippen molar-refractivity contribution in [3.8, 4) is 0 Å². The Labute approximate surface area is 126 Å². The maximum absolute atomic E-state index is 12.8. The van der Waals surface area contributed by atoms with Gasteiger partial charge in [-0.05, 0) is 31.9 Å². The summed E-state index contributed by atoms with van der Waals surface area (Å²) in [4.78, 5) is 6.50. The molecule has 1 saturated carbocycles. The molecule has 7 heteroatoms. The maximum Gasteiger partial charge on any atom is 0.262 e. The quantitative estimate of drug-likeness (QED) is 0.878. The van der Waals surface area contributed by atoms with Gasteiger partial charge in [0.05, 0.1) is 5.69 Å². The van der Waals surface area contributed by atoms with Crippen molar-refractivity contribution in [3.05, 3.63) is 18.3 Å². The molecule has 3 rings (SSSR count). The second-order valence-corrected chi connectivity index (χ2v) is 7.41. The van der Waals surface area contributed by atoms with Crippen LogP contribution in [0.5, 0.6) is 0 Å². The van der Waals surface area contributed by atoms with E-state index in [9.17, 15) is 8.42 Å². The summed E-state index contributed by atoms with van der Waals surface area (Å²) in [5, 5.41) is 3.22. The van der Waals surface area contributed by atoms with Crippen LogP contribution in [-0.2, 0) is 10.0 Å². The van der Waals surface area contributed by atoms with Gasteiger partial charge in [-0.2, -0.15) is 4.31 Å². The number of rotatable bonds is 5. The van der Waals surface area contributed by atoms with E-state index in [-0.39, 0.29) is 5.03 Å². The van der Waals surface area contributed by atoms with Crippen LogP contribution in [0.25, 0.3) is 0 Å². The second kappa shape index (κ2) is 5.90. The number of anilines is 1. The Kier molecular flexibility index (Phi) is 4.14. The van der Waals surface area contributed by atoms with E-state index in [1.54, 1.807) is 16.4 Å². The van der Waals surface area contributed by atoms with E-state index in [1.807, 2.05) is 6.92 Å². The van der Waals surface area contributed by atoms with Crippen LogP contribution in [0.15, 0.2) is 23.4 Å². The highest BCUT2D eigenvalue weighted by molar-refractivity contribution is 7.89. The van der Waals surface area contributed by atoms with Crippen LogP contribution < -0.4 is 5.32 Å². The van der Waals surface area contributed by atoms with Gasteiger partial charge in [0.1, 0.15) is 0 Å². The Bertz CT molecular complexity index is 593. The van der Waals surface area contributed by atoms with Crippen LogP contribution in [0.2, 0.25) is 0 Å². The van der Waals surface area contributed by atoms with E-state index in [0.29, 0.717) is 31.4 Å². The predicted octanol–water partition coefficient (Wildman–Crippen LogP) is 0.982. The fourth-order valence-corrected chi connectivity index (χ4v) is 4.29. The van der Waals surface area contributed by atoms with Crippen LogP contribution >= 0.6 is 0 Å². The molecule has 1 aromatic heterocycles. The Morgan fingerprint density at radius 3 is 2.62 bits per heavy atom. The standard InChI is InChI=1S/C14H22N4O2S/c1-2-15-13-4-3-7-16-14(13)21(19,20)18-10-8-17(9-11-18)12-5-6-12/h3-4,7,12,15H,2,5-6,8-11H2,1H3. The summed E-state index contributed by atoms with van der Waals surface area (Å²) in [6.45, 7) is 5.38. The van der Waals surface area contributed by atoms with Gasteiger partial charge in [0.25, 0.3) is 10.0 Å². The molecule has 2 aliphatic rings. The van der Waals surface area contributed by atoms with Gasteiger partial charge in [-0.25, -0.2) is 13.4 Å². The monoisotopic (exact) mass is 310 g/mol. The van der Waals surface area contributed by atoms with Crippen molar-refractivity contribution in [2.75, 3.05) is 38.0 Å². The molecule has 1 aromatic rings. The number of hydrogen-bond donors (Lipinski definition) is 1. The molecule has 1 saturated heterocycles. The van der Waals surface area contributed by atoms with E-state index >= 15 is 0 Å². The van der Waals surface area contributed by atoms with Crippen LogP contribution in [0, 0.1) is 0 Å². The number of nitrogens with zero attached hydrogens (tertiary/aromatic N) is 3. The Morgan fingerprint density at radius 2 is 2.00 bits per heavy atom. The van der Waals surface area contributed by atoms with Gasteiger partial charge in [0.2, 0.25) is 0 Å². The second-order valence-electron chi connectivity index (χ2n) is 5.56. The summed E-state index contributed by atoms with van der Waals surface area (Å²) in [6, 6.07) is 4.22. The van der Waals surface area contributed by atoms with Crippen LogP contribution in [0.1, 0.15) is 19.8 Å². The predicted molar refractivity (Wildman–Crippen MR) is 81.8 cm³/mol. The lowest BCUT2D eigenvalue weighted by Crippen LogP contribution is -2.49. The zero-order chi connectivity index (χ0) is 14.9. The molecule has 1 aliphatic heterocycles. The normalized spacial score (nSPS) is 21.4. The Hall–Kier alpha value is -1.18. The summed E-state index contributed by atoms with van der Waals surface area (Å²) in [7, 11) is -3.51. The third kappa shape index (κ3) is 3.04. The summed E-state index contributed by atoms with van der Waals surface area (Å²) >= 11 is 0. The van der Waals surface area contributed by atoms with Gasteiger partial charge < -0.3 is 5.32 Å². The first-order valence-electron chi connectivity index (χ1n) is 7.56. The first-order valence-corrected chi connectivity index (χ1v) is 9.00. The third-order valence-electron chi connectivity index (χ3n) is 4.06. The molecule has 0 bridgehead atoms. The zero-order valence-corrected chi connectivity index (χ0v) is 13.1. The molecule has 0 unspecified atom stereocenters. The third-order valence-corrected chi connectivity index (χ3v) is 5.92. The van der Waals surface area contributed by atoms with Gasteiger partial charge >= 0.3 is 0 Å². The highest BCUT2D eigenvalue weighted by Crippen LogP contribution is 2.29. The number of hydrogen-bond acceptors (Lipinski definition) is 5. The van der Waals surface area contributed by atoms with Gasteiger partial charge in [0.15, 0.2) is 5.03 Å². The molecule has 21 heavy (non-hydrogen) atoms. The molecule has 1 N–H and O–H groups in total. The van der Waals surface area contributed by atoms with Gasteiger partial charge in [-0.3, -0.25) is 4.90 Å². The van der Waals surface area contributed by atoms with E-state index in [0.717, 1.165) is 13.1 Å². The highest BCUT2D eigenvalue weighted by atomic mass is 32.2. The molecular formula is C14H22N4O2S. The van der Waals surface area contributed by atoms with E-state index in [2.05, 4.69) is 15.2 Å². The largest absolute Gasteiger partial charge is 0.383 e. The van der Waals surface area contributed by atoms with Gasteiger partial charge in [-0.1, -0.05) is 0 Å². The maximum atomic E-state index is 12.8. The summed E-state index contributed by atoms with van der Waals surface area (Å²) in [5.41, 5.74) is 0.588. The molecule has 1 aliphatic carbocycles. The van der Waals surface area contributed by atoms with Crippen molar-refractivity contribution < 1.29 is 8.42 Å². The van der Waals surface area contributed by atoms with Crippen LogP contribution in [-0.4, -0.2) is 61.4 Å². The molecular weight excluding hydrogens is 288 g/mol. The number of pyridine rings is 1. The molecule has 2 heterocycles. The van der Waals surface area contributed by atoms with Crippen molar-refractivity contribution in [2.45, 2.75) is 30.8 Å². The highest BCUT2D eigenvalue weighted by Gasteiger charge is 2.36. The van der Waals surface area contributed by atoms with Crippen molar-refractivity contribution in [3.63, 3.8) is 0 Å². The average Bonchev–Trinajstić information content (AvgIpc) is 3.33. The Morgan fingerprint density at radius 1 is 1.29 bits per heavy atom. The van der Waals surface area contributed by atoms with Gasteiger partial charge in [0, 0.05) is 45.0 Å². The number of nitrogens with one attached hydrogen (secondary N) is 1. The first-order chi connectivity index (χ1) is 10.1.